The van der Waals surface area contributed by atoms with Crippen LogP contribution in [0.4, 0.5) is 0 Å². The number of carbonyl (C=O) groups is 1. The Morgan fingerprint density at radius 3 is 2.57 bits per heavy atom. The van der Waals surface area contributed by atoms with Crippen molar-refractivity contribution in [1.82, 2.24) is 10.6 Å². The van der Waals surface area contributed by atoms with Gasteiger partial charge in [0.05, 0.1) is 11.0 Å². The first-order chi connectivity index (χ1) is 10.2. The first-order valence-electron chi connectivity index (χ1n) is 6.64. The molecule has 0 atom stereocenters. The Morgan fingerprint density at radius 2 is 1.81 bits per heavy atom. The summed E-state index contributed by atoms with van der Waals surface area (Å²) in [4.78, 5) is 11.7. The summed E-state index contributed by atoms with van der Waals surface area (Å²) >= 11 is 3.26. The van der Waals surface area contributed by atoms with Crippen molar-refractivity contribution in [2.75, 3.05) is 6.54 Å². The predicted octanol–water partition coefficient (Wildman–Crippen LogP) is 2.56. The number of hydrogen-bond acceptors (Lipinski definition) is 3. The molecule has 2 rings (SSSR count). The van der Waals surface area contributed by atoms with Gasteiger partial charge < -0.3 is 15.7 Å². The number of rotatable bonds is 6. The average molecular weight is 349 g/mol. The van der Waals surface area contributed by atoms with Gasteiger partial charge in [-0.1, -0.05) is 42.5 Å². The van der Waals surface area contributed by atoms with Gasteiger partial charge in [-0.2, -0.15) is 0 Å². The van der Waals surface area contributed by atoms with E-state index in [1.165, 1.54) is 0 Å². The van der Waals surface area contributed by atoms with Crippen molar-refractivity contribution < 1.29 is 9.90 Å². The molecule has 5 heteroatoms. The van der Waals surface area contributed by atoms with Gasteiger partial charge in [-0.3, -0.25) is 4.79 Å². The van der Waals surface area contributed by atoms with Gasteiger partial charge in [-0.25, -0.2) is 0 Å². The summed E-state index contributed by atoms with van der Waals surface area (Å²) in [6.07, 6.45) is 0. The van der Waals surface area contributed by atoms with Crippen molar-refractivity contribution in [2.24, 2.45) is 0 Å². The van der Waals surface area contributed by atoms with Crippen molar-refractivity contribution in [2.45, 2.75) is 13.1 Å². The van der Waals surface area contributed by atoms with E-state index in [4.69, 9.17) is 0 Å². The van der Waals surface area contributed by atoms with Crippen LogP contribution < -0.4 is 10.6 Å². The lowest BCUT2D eigenvalue weighted by atomic mass is 10.2. The highest BCUT2D eigenvalue weighted by atomic mass is 79.9. The molecule has 0 aliphatic carbocycles. The van der Waals surface area contributed by atoms with Crippen molar-refractivity contribution in [3.63, 3.8) is 0 Å². The maximum absolute atomic E-state index is 11.7. The van der Waals surface area contributed by atoms with Crippen LogP contribution in [0.2, 0.25) is 0 Å². The van der Waals surface area contributed by atoms with E-state index >= 15 is 0 Å². The van der Waals surface area contributed by atoms with Gasteiger partial charge >= 0.3 is 0 Å². The summed E-state index contributed by atoms with van der Waals surface area (Å²) in [5.74, 6) is 0.128. The van der Waals surface area contributed by atoms with E-state index < -0.39 is 0 Å². The summed E-state index contributed by atoms with van der Waals surface area (Å²) < 4.78 is 0.648. The number of halogens is 1. The minimum Gasteiger partial charge on any atom is -0.506 e. The first kappa shape index (κ1) is 15.5. The van der Waals surface area contributed by atoms with Crippen LogP contribution in [0.3, 0.4) is 0 Å². The highest BCUT2D eigenvalue weighted by Gasteiger charge is 2.05. The largest absolute Gasteiger partial charge is 0.506 e. The molecule has 0 bridgehead atoms. The van der Waals surface area contributed by atoms with Crippen LogP contribution in [0.25, 0.3) is 0 Å². The molecule has 110 valence electrons. The molecule has 0 spiro atoms. The molecule has 2 aromatic carbocycles. The molecule has 0 unspecified atom stereocenters. The molecule has 0 heterocycles. The summed E-state index contributed by atoms with van der Waals surface area (Å²) in [6, 6.07) is 15.2. The zero-order chi connectivity index (χ0) is 15.1. The smallest absolute Gasteiger partial charge is 0.234 e. The number of aromatic hydroxyl groups is 1. The molecular weight excluding hydrogens is 332 g/mol. The number of amides is 1. The van der Waals surface area contributed by atoms with Crippen molar-refractivity contribution in [3.05, 3.63) is 64.1 Å². The lowest BCUT2D eigenvalue weighted by Gasteiger charge is -2.09. The van der Waals surface area contributed by atoms with Gasteiger partial charge in [-0.15, -0.1) is 0 Å². The predicted molar refractivity (Wildman–Crippen MR) is 85.8 cm³/mol. The molecule has 0 radical (unpaired) electrons. The van der Waals surface area contributed by atoms with Gasteiger partial charge in [0.25, 0.3) is 0 Å². The number of nitrogens with one attached hydrogen (secondary N) is 2. The average Bonchev–Trinajstić information content (AvgIpc) is 2.50. The molecule has 21 heavy (non-hydrogen) atoms. The first-order valence-corrected chi connectivity index (χ1v) is 7.44. The topological polar surface area (TPSA) is 61.4 Å². The second kappa shape index (κ2) is 7.81. The zero-order valence-corrected chi connectivity index (χ0v) is 13.1. The highest BCUT2D eigenvalue weighted by Crippen LogP contribution is 2.26. The Balaban J connectivity index is 1.73. The maximum atomic E-state index is 11.7. The third-order valence-corrected chi connectivity index (χ3v) is 3.64. The van der Waals surface area contributed by atoms with Crippen molar-refractivity contribution in [1.29, 1.82) is 0 Å². The minimum atomic E-state index is -0.0756. The van der Waals surface area contributed by atoms with Crippen LogP contribution in [-0.4, -0.2) is 17.6 Å². The Hall–Kier alpha value is -1.85. The van der Waals surface area contributed by atoms with Crippen LogP contribution >= 0.6 is 15.9 Å². The van der Waals surface area contributed by atoms with Crippen molar-refractivity contribution >= 4 is 21.8 Å². The molecule has 0 saturated heterocycles. The van der Waals surface area contributed by atoms with E-state index in [1.54, 1.807) is 6.07 Å². The molecule has 3 N–H and O–H groups in total. The monoisotopic (exact) mass is 348 g/mol. The van der Waals surface area contributed by atoms with E-state index in [2.05, 4.69) is 26.6 Å². The number of hydrogen-bond donors (Lipinski definition) is 3. The zero-order valence-electron chi connectivity index (χ0n) is 11.5. The Morgan fingerprint density at radius 1 is 1.05 bits per heavy atom. The van der Waals surface area contributed by atoms with Gasteiger partial charge in [0.1, 0.15) is 5.75 Å². The maximum Gasteiger partial charge on any atom is 0.234 e. The lowest BCUT2D eigenvalue weighted by molar-refractivity contribution is -0.120. The summed E-state index contributed by atoms with van der Waals surface area (Å²) in [5, 5.41) is 15.7. The SMILES string of the molecule is O=C(CNCc1cccc(Br)c1O)NCc1ccccc1. The number of phenolic OH excluding ortho intramolecular Hbond substituents is 1. The van der Waals surface area contributed by atoms with E-state index in [-0.39, 0.29) is 18.2 Å². The number of carbonyl (C=O) groups excluding carboxylic acids is 1. The molecule has 0 aliphatic heterocycles. The molecule has 1 amide bonds. The van der Waals surface area contributed by atoms with E-state index in [1.807, 2.05) is 42.5 Å². The molecular formula is C16H17BrN2O2. The standard InChI is InChI=1S/C16H17BrN2O2/c17-14-8-4-7-13(16(14)21)10-18-11-15(20)19-9-12-5-2-1-3-6-12/h1-8,18,21H,9-11H2,(H,19,20). The van der Waals surface area contributed by atoms with Crippen LogP contribution in [0.5, 0.6) is 5.75 Å². The molecule has 0 aromatic heterocycles. The van der Waals surface area contributed by atoms with Gasteiger partial charge in [-0.05, 0) is 27.6 Å². The van der Waals surface area contributed by atoms with Crippen molar-refractivity contribution in [3.8, 4) is 5.75 Å². The van der Waals surface area contributed by atoms with Gasteiger partial charge in [0.15, 0.2) is 0 Å². The second-order valence-corrected chi connectivity index (χ2v) is 5.47. The van der Waals surface area contributed by atoms with Gasteiger partial charge in [0, 0.05) is 18.7 Å². The van der Waals surface area contributed by atoms with E-state index in [9.17, 15) is 9.90 Å². The van der Waals surface area contributed by atoms with Crippen LogP contribution in [-0.2, 0) is 17.9 Å². The van der Waals surface area contributed by atoms with Crippen LogP contribution in [0.1, 0.15) is 11.1 Å². The molecule has 4 nitrogen and oxygen atoms in total. The molecule has 0 saturated carbocycles. The van der Waals surface area contributed by atoms with Crippen LogP contribution in [0.15, 0.2) is 53.0 Å². The fourth-order valence-electron chi connectivity index (χ4n) is 1.87. The summed E-state index contributed by atoms with van der Waals surface area (Å²) in [5.41, 5.74) is 1.82. The third kappa shape index (κ3) is 4.88. The quantitative estimate of drug-likeness (QED) is 0.751. The summed E-state index contributed by atoms with van der Waals surface area (Å²) in [7, 11) is 0. The Kier molecular flexibility index (Phi) is 5.78. The molecule has 2 aromatic rings. The second-order valence-electron chi connectivity index (χ2n) is 4.61. The minimum absolute atomic E-state index is 0.0756. The lowest BCUT2D eigenvalue weighted by Crippen LogP contribution is -2.33. The number of phenols is 1. The van der Waals surface area contributed by atoms with E-state index in [0.717, 1.165) is 11.1 Å². The Labute approximate surface area is 132 Å². The van der Waals surface area contributed by atoms with Gasteiger partial charge in [0.2, 0.25) is 5.91 Å². The van der Waals surface area contributed by atoms with Crippen LogP contribution in [0, 0.1) is 0 Å². The fourth-order valence-corrected chi connectivity index (χ4v) is 2.28. The normalized spacial score (nSPS) is 10.3. The number of benzene rings is 2. The highest BCUT2D eigenvalue weighted by molar-refractivity contribution is 9.10. The number of para-hydroxylation sites is 1. The molecule has 0 fully saturated rings. The molecule has 0 aliphatic rings. The van der Waals surface area contributed by atoms with E-state index in [0.29, 0.717) is 17.6 Å². The fraction of sp³-hybridized carbons (Fsp3) is 0.188. The summed E-state index contributed by atoms with van der Waals surface area (Å²) in [6.45, 7) is 1.16. The third-order valence-electron chi connectivity index (χ3n) is 3.00. The Bertz CT molecular complexity index is 602.